The molecule has 0 bridgehead atoms. The lowest BCUT2D eigenvalue weighted by molar-refractivity contribution is -0.140. The highest BCUT2D eigenvalue weighted by molar-refractivity contribution is 7.92. The van der Waals surface area contributed by atoms with Gasteiger partial charge in [0.05, 0.1) is 31.9 Å². The number of hydrogen-bond donors (Lipinski definition) is 1. The molecule has 3 aromatic carbocycles. The van der Waals surface area contributed by atoms with Gasteiger partial charge in [-0.05, 0) is 94.6 Å². The van der Waals surface area contributed by atoms with Crippen molar-refractivity contribution in [3.05, 3.63) is 77.4 Å². The van der Waals surface area contributed by atoms with Gasteiger partial charge in [-0.15, -0.1) is 0 Å². The molecule has 11 heteroatoms. The zero-order chi connectivity index (χ0) is 32.8. The predicted octanol–water partition coefficient (Wildman–Crippen LogP) is 4.86. The van der Waals surface area contributed by atoms with Gasteiger partial charge >= 0.3 is 0 Å². The zero-order valence-corrected chi connectivity index (χ0v) is 27.7. The number of ether oxygens (including phenoxy) is 3. The quantitative estimate of drug-likeness (QED) is 0.306. The number of sulfonamides is 1. The molecule has 2 amide bonds. The summed E-state index contributed by atoms with van der Waals surface area (Å²) in [6, 6.07) is 15.9. The number of nitrogens with one attached hydrogen (secondary N) is 1. The molecular formula is C33H43N3O7S. The number of hydrogen-bond acceptors (Lipinski definition) is 7. The maximum atomic E-state index is 14.3. The van der Waals surface area contributed by atoms with Gasteiger partial charge < -0.3 is 24.4 Å². The molecule has 0 saturated heterocycles. The molecule has 0 radical (unpaired) electrons. The zero-order valence-electron chi connectivity index (χ0n) is 26.9. The molecule has 0 fully saturated rings. The summed E-state index contributed by atoms with van der Waals surface area (Å²) in [5.41, 5.74) is 2.14. The second-order valence-electron chi connectivity index (χ2n) is 11.7. The van der Waals surface area contributed by atoms with Gasteiger partial charge in [-0.3, -0.25) is 13.9 Å². The number of benzene rings is 3. The van der Waals surface area contributed by atoms with E-state index in [2.05, 4.69) is 5.32 Å². The number of carbonyl (C=O) groups is 2. The van der Waals surface area contributed by atoms with Gasteiger partial charge in [0.1, 0.15) is 18.3 Å². The van der Waals surface area contributed by atoms with Gasteiger partial charge in [0, 0.05) is 18.2 Å². The van der Waals surface area contributed by atoms with E-state index in [0.29, 0.717) is 22.7 Å². The Morgan fingerprint density at radius 3 is 2.07 bits per heavy atom. The van der Waals surface area contributed by atoms with Crippen LogP contribution in [-0.4, -0.2) is 64.6 Å². The Labute approximate surface area is 261 Å². The SMILES string of the molecule is COc1cccc(CN(C(=O)CN(c2cc(C)cc(C)c2)S(=O)(=O)c2ccc(OC)c(OC)c2)C(C)C(=O)NC(C)(C)C)c1. The second kappa shape index (κ2) is 14.0. The maximum Gasteiger partial charge on any atom is 0.264 e. The van der Waals surface area contributed by atoms with Crippen molar-refractivity contribution >= 4 is 27.5 Å². The molecule has 3 rings (SSSR count). The van der Waals surface area contributed by atoms with Crippen LogP contribution in [0, 0.1) is 13.8 Å². The van der Waals surface area contributed by atoms with Crippen molar-refractivity contribution in [1.82, 2.24) is 10.2 Å². The third-order valence-corrected chi connectivity index (χ3v) is 8.64. The summed E-state index contributed by atoms with van der Waals surface area (Å²) < 4.78 is 45.6. The summed E-state index contributed by atoms with van der Waals surface area (Å²) in [6.07, 6.45) is 0. The van der Waals surface area contributed by atoms with E-state index in [9.17, 15) is 18.0 Å². The molecule has 10 nitrogen and oxygen atoms in total. The van der Waals surface area contributed by atoms with Crippen molar-refractivity contribution < 1.29 is 32.2 Å². The lowest BCUT2D eigenvalue weighted by atomic mass is 10.1. The molecule has 0 saturated carbocycles. The Kier molecular flexibility index (Phi) is 10.9. The van der Waals surface area contributed by atoms with E-state index >= 15 is 0 Å². The standard InChI is InChI=1S/C33H43N3O7S/c1-22-15-23(2)17-26(16-22)36(44(39,40)28-13-14-29(42-8)30(19-28)43-9)21-31(37)35(24(3)32(38)34-33(4,5)6)20-25-11-10-12-27(18-25)41-7/h10-19,24H,20-21H2,1-9H3,(H,34,38). The highest BCUT2D eigenvalue weighted by atomic mass is 32.2. The first-order chi connectivity index (χ1) is 20.6. The minimum Gasteiger partial charge on any atom is -0.497 e. The molecule has 3 aromatic rings. The Bertz CT molecular complexity index is 1580. The number of aryl methyl sites for hydroxylation is 2. The number of anilines is 1. The van der Waals surface area contributed by atoms with E-state index in [1.807, 2.05) is 46.8 Å². The van der Waals surface area contributed by atoms with Crippen LogP contribution in [0.25, 0.3) is 0 Å². The molecular weight excluding hydrogens is 582 g/mol. The first-order valence-electron chi connectivity index (χ1n) is 14.2. The van der Waals surface area contributed by atoms with Crippen molar-refractivity contribution in [2.75, 3.05) is 32.2 Å². The minimum atomic E-state index is -4.30. The molecule has 0 aromatic heterocycles. The van der Waals surface area contributed by atoms with E-state index in [-0.39, 0.29) is 23.1 Å². The van der Waals surface area contributed by atoms with Crippen LogP contribution in [0.1, 0.15) is 44.4 Å². The lowest BCUT2D eigenvalue weighted by Crippen LogP contribution is -2.54. The number of nitrogens with zero attached hydrogens (tertiary/aromatic N) is 2. The van der Waals surface area contributed by atoms with Gasteiger partial charge in [-0.1, -0.05) is 18.2 Å². The van der Waals surface area contributed by atoms with Crippen molar-refractivity contribution in [1.29, 1.82) is 0 Å². The fraction of sp³-hybridized carbons (Fsp3) is 0.394. The number of rotatable bonds is 12. The maximum absolute atomic E-state index is 14.3. The van der Waals surface area contributed by atoms with Crippen LogP contribution >= 0.6 is 0 Å². The van der Waals surface area contributed by atoms with E-state index < -0.39 is 34.1 Å². The fourth-order valence-corrected chi connectivity index (χ4v) is 6.17. The second-order valence-corrected chi connectivity index (χ2v) is 13.5. The molecule has 1 atom stereocenters. The number of methoxy groups -OCH3 is 3. The Morgan fingerprint density at radius 2 is 1.50 bits per heavy atom. The van der Waals surface area contributed by atoms with Crippen LogP contribution in [-0.2, 0) is 26.2 Å². The van der Waals surface area contributed by atoms with Crippen molar-refractivity contribution in [2.45, 2.75) is 64.6 Å². The third-order valence-electron chi connectivity index (χ3n) is 6.87. The Hall–Kier alpha value is -4.25. The third kappa shape index (κ3) is 8.43. The van der Waals surface area contributed by atoms with E-state index in [4.69, 9.17) is 14.2 Å². The van der Waals surface area contributed by atoms with Crippen molar-refractivity contribution in [3.8, 4) is 17.2 Å². The first kappa shape index (κ1) is 34.2. The molecule has 0 aliphatic heterocycles. The van der Waals surface area contributed by atoms with Gasteiger partial charge in [-0.25, -0.2) is 8.42 Å². The summed E-state index contributed by atoms with van der Waals surface area (Å²) >= 11 is 0. The number of carbonyl (C=O) groups excluding carboxylic acids is 2. The molecule has 238 valence electrons. The fourth-order valence-electron chi connectivity index (χ4n) is 4.75. The molecule has 0 aliphatic rings. The van der Waals surface area contributed by atoms with E-state index in [0.717, 1.165) is 15.4 Å². The average molecular weight is 626 g/mol. The summed E-state index contributed by atoms with van der Waals surface area (Å²) in [5, 5.41) is 2.93. The Balaban J connectivity index is 2.13. The van der Waals surface area contributed by atoms with Crippen LogP contribution in [0.2, 0.25) is 0 Å². The molecule has 0 spiro atoms. The topological polar surface area (TPSA) is 114 Å². The Morgan fingerprint density at radius 1 is 0.864 bits per heavy atom. The predicted molar refractivity (Wildman–Crippen MR) is 171 cm³/mol. The average Bonchev–Trinajstić information content (AvgIpc) is 2.96. The molecule has 1 unspecified atom stereocenters. The van der Waals surface area contributed by atoms with Gasteiger partial charge in [0.2, 0.25) is 11.8 Å². The minimum absolute atomic E-state index is 0.0475. The summed E-state index contributed by atoms with van der Waals surface area (Å²) in [6.45, 7) is 10.4. The smallest absolute Gasteiger partial charge is 0.264 e. The van der Waals surface area contributed by atoms with Crippen LogP contribution in [0.5, 0.6) is 17.2 Å². The van der Waals surface area contributed by atoms with Gasteiger partial charge in [-0.2, -0.15) is 0 Å². The van der Waals surface area contributed by atoms with Crippen LogP contribution < -0.4 is 23.8 Å². The summed E-state index contributed by atoms with van der Waals surface area (Å²) in [7, 11) is 0.117. The van der Waals surface area contributed by atoms with Gasteiger partial charge in [0.15, 0.2) is 11.5 Å². The summed E-state index contributed by atoms with van der Waals surface area (Å²) in [5.74, 6) is 0.257. The summed E-state index contributed by atoms with van der Waals surface area (Å²) in [4.78, 5) is 28.9. The highest BCUT2D eigenvalue weighted by Gasteiger charge is 2.34. The van der Waals surface area contributed by atoms with Gasteiger partial charge in [0.25, 0.3) is 10.0 Å². The molecule has 44 heavy (non-hydrogen) atoms. The number of amides is 2. The molecule has 0 heterocycles. The van der Waals surface area contributed by atoms with Crippen LogP contribution in [0.3, 0.4) is 0 Å². The van der Waals surface area contributed by atoms with Crippen molar-refractivity contribution in [2.24, 2.45) is 0 Å². The van der Waals surface area contributed by atoms with E-state index in [1.165, 1.54) is 37.3 Å². The monoisotopic (exact) mass is 625 g/mol. The van der Waals surface area contributed by atoms with E-state index in [1.54, 1.807) is 44.4 Å². The van der Waals surface area contributed by atoms with Crippen molar-refractivity contribution in [3.63, 3.8) is 0 Å². The largest absolute Gasteiger partial charge is 0.497 e. The molecule has 0 aliphatic carbocycles. The van der Waals surface area contributed by atoms with Crippen LogP contribution in [0.15, 0.2) is 65.6 Å². The molecule has 1 N–H and O–H groups in total. The normalized spacial score (nSPS) is 12.2. The van der Waals surface area contributed by atoms with Crippen LogP contribution in [0.4, 0.5) is 5.69 Å². The highest BCUT2D eigenvalue weighted by Crippen LogP contribution is 2.33. The lowest BCUT2D eigenvalue weighted by Gasteiger charge is -2.33. The first-order valence-corrected chi connectivity index (χ1v) is 15.6.